The van der Waals surface area contributed by atoms with E-state index < -0.39 is 11.3 Å². The predicted molar refractivity (Wildman–Crippen MR) is 101 cm³/mol. The Morgan fingerprint density at radius 1 is 1.11 bits per heavy atom. The molecule has 0 aliphatic carbocycles. The number of nitrogens with one attached hydrogen (secondary N) is 1. The van der Waals surface area contributed by atoms with E-state index in [1.807, 2.05) is 53.3 Å². The Kier molecular flexibility index (Phi) is 6.15. The van der Waals surface area contributed by atoms with E-state index in [0.29, 0.717) is 12.5 Å². The average molecular weight is 382 g/mol. The van der Waals surface area contributed by atoms with Crippen LogP contribution in [0.2, 0.25) is 0 Å². The van der Waals surface area contributed by atoms with Crippen molar-refractivity contribution in [3.05, 3.63) is 72.8 Å². The minimum absolute atomic E-state index is 0.552. The van der Waals surface area contributed by atoms with Gasteiger partial charge in [0.1, 0.15) is 0 Å². The molecule has 9 nitrogen and oxygen atoms in total. The van der Waals surface area contributed by atoms with Gasteiger partial charge in [0.2, 0.25) is 5.95 Å². The molecule has 138 valence electrons. The Morgan fingerprint density at radius 2 is 1.89 bits per heavy atom. The second kappa shape index (κ2) is 8.94. The molecule has 0 aliphatic heterocycles. The van der Waals surface area contributed by atoms with Crippen molar-refractivity contribution in [1.29, 1.82) is 0 Å². The largest absolute Gasteiger partial charge is 0.760 e. The fourth-order valence-electron chi connectivity index (χ4n) is 2.36. The topological polar surface area (TPSA) is 135 Å². The molecule has 10 heteroatoms. The predicted octanol–water partition coefficient (Wildman–Crippen LogP) is 1.75. The number of hydrogen-bond acceptors (Lipinski definition) is 7. The number of nitrogens with zero attached hydrogens (tertiary/aromatic N) is 5. The van der Waals surface area contributed by atoms with Crippen LogP contribution in [-0.2, 0) is 17.8 Å². The van der Waals surface area contributed by atoms with Crippen LogP contribution in [0, 0.1) is 0 Å². The first-order valence-corrected chi connectivity index (χ1v) is 8.99. The van der Waals surface area contributed by atoms with E-state index in [9.17, 15) is 0 Å². The van der Waals surface area contributed by atoms with Gasteiger partial charge in [0.15, 0.2) is 5.65 Å². The lowest BCUT2D eigenvalue weighted by Gasteiger charge is -2.06. The Hall–Kier alpha value is -3.21. The summed E-state index contributed by atoms with van der Waals surface area (Å²) in [6.07, 6.45) is 7.14. The van der Waals surface area contributed by atoms with E-state index >= 15 is 0 Å². The highest BCUT2D eigenvalue weighted by molar-refractivity contribution is 7.76. The van der Waals surface area contributed by atoms with Gasteiger partial charge in [-0.3, -0.25) is 14.3 Å². The fraction of sp³-hybridized carbons (Fsp3) is 0.0588. The summed E-state index contributed by atoms with van der Waals surface area (Å²) in [5, 5.41) is 12.5. The third-order valence-electron chi connectivity index (χ3n) is 3.46. The van der Waals surface area contributed by atoms with Crippen molar-refractivity contribution in [2.45, 2.75) is 6.54 Å². The quantitative estimate of drug-likeness (QED) is 0.513. The minimum atomic E-state index is -2.36. The van der Waals surface area contributed by atoms with Crippen molar-refractivity contribution in [3.8, 4) is 0 Å². The van der Waals surface area contributed by atoms with Crippen molar-refractivity contribution in [2.24, 2.45) is 5.14 Å². The lowest BCUT2D eigenvalue weighted by molar-refractivity contribution is 0.539. The molecule has 3 N–H and O–H groups in total. The number of rotatable bonds is 4. The van der Waals surface area contributed by atoms with Gasteiger partial charge in [-0.05, 0) is 23.8 Å². The molecule has 1 atom stereocenters. The van der Waals surface area contributed by atoms with E-state index in [-0.39, 0.29) is 0 Å². The number of pyridine rings is 1. The molecule has 27 heavy (non-hydrogen) atoms. The van der Waals surface area contributed by atoms with Crippen molar-refractivity contribution in [1.82, 2.24) is 24.7 Å². The standard InChI is InChI=1S/C17H14N6.H3NO2S/c1-2-6-15(7-3-1)21-17-19-10-14-11-20-23(16(14)22-17)12-13-5-4-8-18-9-13;1-4(2)3/h1-11H,12H2,(H,19,21,22);1H2,(H,2,3)/p-1. The Labute approximate surface area is 157 Å². The zero-order chi connectivity index (χ0) is 19.1. The number of nitrogens with two attached hydrogens (primary N) is 1. The van der Waals surface area contributed by atoms with Crippen molar-refractivity contribution < 1.29 is 8.76 Å². The highest BCUT2D eigenvalue weighted by Gasteiger charge is 2.07. The summed E-state index contributed by atoms with van der Waals surface area (Å²) in [5.74, 6) is 0.552. The Balaban J connectivity index is 0.000000481. The number of para-hydroxylation sites is 1. The summed E-state index contributed by atoms with van der Waals surface area (Å²) in [4.78, 5) is 13.1. The molecule has 1 aromatic carbocycles. The van der Waals surface area contributed by atoms with Gasteiger partial charge in [-0.25, -0.2) is 9.67 Å². The van der Waals surface area contributed by atoms with Crippen LogP contribution < -0.4 is 10.5 Å². The molecule has 3 heterocycles. The molecular formula is C17H16N7O2S-. The second-order valence-corrected chi connectivity index (χ2v) is 5.91. The van der Waals surface area contributed by atoms with Gasteiger partial charge in [0, 0.05) is 35.5 Å². The normalized spacial score (nSPS) is 11.5. The molecule has 0 saturated carbocycles. The molecule has 4 aromatic rings. The summed E-state index contributed by atoms with van der Waals surface area (Å²) in [5.41, 5.74) is 2.82. The van der Waals surface area contributed by atoms with Crippen LogP contribution in [0.5, 0.6) is 0 Å². The summed E-state index contributed by atoms with van der Waals surface area (Å²) in [6, 6.07) is 13.8. The first-order valence-electron chi connectivity index (χ1n) is 7.85. The van der Waals surface area contributed by atoms with Crippen molar-refractivity contribution in [2.75, 3.05) is 5.32 Å². The van der Waals surface area contributed by atoms with Gasteiger partial charge in [0.05, 0.1) is 18.1 Å². The second-order valence-electron chi connectivity index (χ2n) is 5.39. The maximum absolute atomic E-state index is 8.78. The SMILES string of the molecule is NS(=O)[O-].c1ccc(Nc2ncc3cnn(Cc4cccnc4)c3n2)cc1. The maximum Gasteiger partial charge on any atom is 0.229 e. The van der Waals surface area contributed by atoms with Crippen LogP contribution in [0.3, 0.4) is 0 Å². The monoisotopic (exact) mass is 382 g/mol. The number of benzene rings is 1. The summed E-state index contributed by atoms with van der Waals surface area (Å²) < 4.78 is 19.4. The molecule has 1 unspecified atom stereocenters. The van der Waals surface area contributed by atoms with Crippen molar-refractivity contribution >= 4 is 33.9 Å². The Bertz CT molecular complexity index is 1020. The highest BCUT2D eigenvalue weighted by atomic mass is 32.2. The first kappa shape index (κ1) is 18.6. The zero-order valence-corrected chi connectivity index (χ0v) is 14.9. The van der Waals surface area contributed by atoms with Gasteiger partial charge >= 0.3 is 0 Å². The number of hydrogen-bond donors (Lipinski definition) is 2. The average Bonchev–Trinajstić information content (AvgIpc) is 3.05. The van der Waals surface area contributed by atoms with E-state index in [4.69, 9.17) is 8.76 Å². The molecular weight excluding hydrogens is 366 g/mol. The van der Waals surface area contributed by atoms with E-state index in [0.717, 1.165) is 22.3 Å². The van der Waals surface area contributed by atoms with Crippen molar-refractivity contribution in [3.63, 3.8) is 0 Å². The summed E-state index contributed by atoms with van der Waals surface area (Å²) in [7, 11) is 0. The third kappa shape index (κ3) is 5.38. The van der Waals surface area contributed by atoms with Crippen LogP contribution in [0.1, 0.15) is 5.56 Å². The molecule has 0 saturated heterocycles. The van der Waals surface area contributed by atoms with Crippen LogP contribution in [0.25, 0.3) is 11.0 Å². The maximum atomic E-state index is 8.78. The van der Waals surface area contributed by atoms with Crippen LogP contribution in [0.15, 0.2) is 67.3 Å². The summed E-state index contributed by atoms with van der Waals surface area (Å²) in [6.45, 7) is 0.624. The molecule has 0 radical (unpaired) electrons. The molecule has 0 bridgehead atoms. The van der Waals surface area contributed by atoms with E-state index in [1.165, 1.54) is 0 Å². The lowest BCUT2D eigenvalue weighted by Crippen LogP contribution is -2.04. The smallest absolute Gasteiger partial charge is 0.229 e. The number of anilines is 2. The Morgan fingerprint density at radius 3 is 2.59 bits per heavy atom. The minimum Gasteiger partial charge on any atom is -0.760 e. The third-order valence-corrected chi connectivity index (χ3v) is 3.46. The van der Waals surface area contributed by atoms with Crippen LogP contribution >= 0.6 is 0 Å². The molecule has 0 fully saturated rings. The van der Waals surface area contributed by atoms with Gasteiger partial charge < -0.3 is 9.87 Å². The molecule has 4 rings (SSSR count). The number of aromatic nitrogens is 5. The molecule has 0 amide bonds. The zero-order valence-electron chi connectivity index (χ0n) is 14.1. The van der Waals surface area contributed by atoms with Gasteiger partial charge in [-0.2, -0.15) is 10.1 Å². The molecule has 0 aliphatic rings. The van der Waals surface area contributed by atoms with Crippen LogP contribution in [0.4, 0.5) is 11.6 Å². The van der Waals surface area contributed by atoms with E-state index in [2.05, 4.69) is 30.5 Å². The summed E-state index contributed by atoms with van der Waals surface area (Å²) >= 11 is -2.36. The highest BCUT2D eigenvalue weighted by Crippen LogP contribution is 2.16. The molecule has 3 aromatic heterocycles. The van der Waals surface area contributed by atoms with E-state index in [1.54, 1.807) is 18.6 Å². The first-order chi connectivity index (χ1) is 13.1. The number of fused-ring (bicyclic) bond motifs is 1. The lowest BCUT2D eigenvalue weighted by atomic mass is 10.3. The fourth-order valence-corrected chi connectivity index (χ4v) is 2.36. The van der Waals surface area contributed by atoms with Crippen LogP contribution in [-0.4, -0.2) is 33.5 Å². The molecule has 0 spiro atoms. The van der Waals surface area contributed by atoms with Gasteiger partial charge in [-0.1, -0.05) is 24.3 Å². The van der Waals surface area contributed by atoms with Gasteiger partial charge in [0.25, 0.3) is 0 Å². The van der Waals surface area contributed by atoms with Gasteiger partial charge in [-0.15, -0.1) is 0 Å².